The van der Waals surface area contributed by atoms with Crippen LogP contribution in [0.4, 0.5) is 0 Å². The van der Waals surface area contributed by atoms with Crippen LogP contribution < -0.4 is 0 Å². The van der Waals surface area contributed by atoms with E-state index in [2.05, 4.69) is 96.1 Å². The topological polar surface area (TPSA) is 0 Å². The van der Waals surface area contributed by atoms with Gasteiger partial charge in [0.1, 0.15) is 0 Å². The summed E-state index contributed by atoms with van der Waals surface area (Å²) in [5, 5.41) is 0.820. The van der Waals surface area contributed by atoms with Crippen molar-refractivity contribution >= 4 is 11.6 Å². The molecule has 0 aliphatic heterocycles. The van der Waals surface area contributed by atoms with Gasteiger partial charge in [-0.25, -0.2) is 0 Å². The van der Waals surface area contributed by atoms with E-state index in [0.717, 1.165) is 5.02 Å². The van der Waals surface area contributed by atoms with Gasteiger partial charge in [-0.3, -0.25) is 0 Å². The van der Waals surface area contributed by atoms with Crippen LogP contribution in [0.15, 0.2) is 54.6 Å². The molecule has 1 heteroatoms. The van der Waals surface area contributed by atoms with Gasteiger partial charge in [-0.05, 0) is 80.6 Å². The molecule has 0 saturated carbocycles. The lowest BCUT2D eigenvalue weighted by atomic mass is 9.62. The van der Waals surface area contributed by atoms with E-state index in [4.69, 9.17) is 11.6 Å². The Kier molecular flexibility index (Phi) is 3.91. The second kappa shape index (κ2) is 5.99. The van der Waals surface area contributed by atoms with Crippen molar-refractivity contribution in [2.24, 2.45) is 11.8 Å². The van der Waals surface area contributed by atoms with E-state index < -0.39 is 0 Å². The van der Waals surface area contributed by atoms with Crippen molar-refractivity contribution in [3.05, 3.63) is 81.9 Å². The molecule has 5 rings (SSSR count). The molecule has 0 atom stereocenters. The summed E-state index contributed by atoms with van der Waals surface area (Å²) in [7, 11) is 0. The smallest absolute Gasteiger partial charge is 0.0412 e. The van der Waals surface area contributed by atoms with Gasteiger partial charge in [0.05, 0.1) is 0 Å². The van der Waals surface area contributed by atoms with Crippen molar-refractivity contribution in [2.75, 3.05) is 0 Å². The van der Waals surface area contributed by atoms with Crippen LogP contribution in [0.5, 0.6) is 0 Å². The first kappa shape index (κ1) is 18.9. The lowest BCUT2D eigenvalue weighted by Crippen LogP contribution is -2.37. The van der Waals surface area contributed by atoms with E-state index in [1.165, 1.54) is 44.5 Å². The standard InChI is InChI=1S/C28H29Cl/c1-16(2)28(17(3)4)24-12-11-18(29)13-20(24)22-14-25-21(15-26(22)28)19-9-7-8-10-23(19)27(25,5)6/h7-17H,1-6H3. The van der Waals surface area contributed by atoms with E-state index >= 15 is 0 Å². The fourth-order valence-corrected chi connectivity index (χ4v) is 6.64. The third-order valence-electron chi connectivity index (χ3n) is 7.71. The zero-order chi connectivity index (χ0) is 20.7. The van der Waals surface area contributed by atoms with Gasteiger partial charge in [0, 0.05) is 15.9 Å². The van der Waals surface area contributed by atoms with Gasteiger partial charge in [0.2, 0.25) is 0 Å². The van der Waals surface area contributed by atoms with Crippen LogP contribution in [0, 0.1) is 11.8 Å². The molecule has 0 spiro atoms. The van der Waals surface area contributed by atoms with Crippen molar-refractivity contribution < 1.29 is 0 Å². The second-order valence-corrected chi connectivity index (χ2v) is 10.4. The first-order chi connectivity index (χ1) is 13.7. The van der Waals surface area contributed by atoms with E-state index in [1.54, 1.807) is 0 Å². The maximum Gasteiger partial charge on any atom is 0.0412 e. The molecule has 2 aliphatic carbocycles. The highest BCUT2D eigenvalue weighted by Crippen LogP contribution is 2.60. The predicted octanol–water partition coefficient (Wildman–Crippen LogP) is 8.22. The van der Waals surface area contributed by atoms with Crippen LogP contribution in [0.1, 0.15) is 63.8 Å². The molecule has 0 amide bonds. The van der Waals surface area contributed by atoms with Crippen LogP contribution in [0.25, 0.3) is 22.3 Å². The molecular weight excluding hydrogens is 372 g/mol. The molecule has 0 nitrogen and oxygen atoms in total. The molecule has 0 saturated heterocycles. The molecule has 0 radical (unpaired) electrons. The number of halogens is 1. The monoisotopic (exact) mass is 400 g/mol. The van der Waals surface area contributed by atoms with Gasteiger partial charge < -0.3 is 0 Å². The molecule has 3 aromatic carbocycles. The fourth-order valence-electron chi connectivity index (χ4n) is 6.47. The Morgan fingerprint density at radius 1 is 0.621 bits per heavy atom. The second-order valence-electron chi connectivity index (χ2n) is 9.98. The van der Waals surface area contributed by atoms with E-state index in [9.17, 15) is 0 Å². The molecule has 0 aromatic heterocycles. The summed E-state index contributed by atoms with van der Waals surface area (Å²) in [6.07, 6.45) is 0. The number of fused-ring (bicyclic) bond motifs is 6. The lowest BCUT2D eigenvalue weighted by molar-refractivity contribution is 0.280. The van der Waals surface area contributed by atoms with Gasteiger partial charge in [-0.2, -0.15) is 0 Å². The predicted molar refractivity (Wildman–Crippen MR) is 125 cm³/mol. The zero-order valence-corrected chi connectivity index (χ0v) is 19.0. The number of hydrogen-bond donors (Lipinski definition) is 0. The Morgan fingerprint density at radius 3 is 1.90 bits per heavy atom. The zero-order valence-electron chi connectivity index (χ0n) is 18.2. The lowest BCUT2D eigenvalue weighted by Gasteiger charge is -2.40. The third-order valence-corrected chi connectivity index (χ3v) is 7.94. The quantitative estimate of drug-likeness (QED) is 0.406. The van der Waals surface area contributed by atoms with Crippen molar-refractivity contribution in [3.63, 3.8) is 0 Å². The summed E-state index contributed by atoms with van der Waals surface area (Å²) in [5.41, 5.74) is 11.3. The maximum absolute atomic E-state index is 6.49. The summed E-state index contributed by atoms with van der Waals surface area (Å²) in [6.45, 7) is 14.2. The summed E-state index contributed by atoms with van der Waals surface area (Å²) < 4.78 is 0. The Hall–Kier alpha value is -2.05. The van der Waals surface area contributed by atoms with E-state index in [0.29, 0.717) is 11.8 Å². The number of benzene rings is 3. The van der Waals surface area contributed by atoms with Crippen LogP contribution in [-0.4, -0.2) is 0 Å². The SMILES string of the molecule is CC(C)C1(C(C)C)c2ccc(Cl)cc2-c2cc3c(cc21)-c1ccccc1C3(C)C. The van der Waals surface area contributed by atoms with Crippen molar-refractivity contribution in [1.82, 2.24) is 0 Å². The first-order valence-electron chi connectivity index (χ1n) is 10.8. The minimum Gasteiger partial charge on any atom is -0.0843 e. The van der Waals surface area contributed by atoms with Crippen LogP contribution in [0.2, 0.25) is 5.02 Å². The van der Waals surface area contributed by atoms with Gasteiger partial charge in [0.25, 0.3) is 0 Å². The van der Waals surface area contributed by atoms with Crippen molar-refractivity contribution in [3.8, 4) is 22.3 Å². The molecule has 2 aliphatic rings. The molecule has 29 heavy (non-hydrogen) atoms. The Balaban J connectivity index is 1.91. The highest BCUT2D eigenvalue weighted by Gasteiger charge is 2.49. The fraction of sp³-hybridized carbons (Fsp3) is 0.357. The van der Waals surface area contributed by atoms with Gasteiger partial charge in [-0.15, -0.1) is 0 Å². The summed E-state index contributed by atoms with van der Waals surface area (Å²) in [4.78, 5) is 0. The third kappa shape index (κ3) is 2.22. The summed E-state index contributed by atoms with van der Waals surface area (Å²) in [6, 6.07) is 20.5. The molecule has 0 bridgehead atoms. The van der Waals surface area contributed by atoms with Crippen molar-refractivity contribution in [1.29, 1.82) is 0 Å². The number of hydrogen-bond acceptors (Lipinski definition) is 0. The molecule has 3 aromatic rings. The molecular formula is C28H29Cl. The molecule has 0 unspecified atom stereocenters. The Morgan fingerprint density at radius 2 is 1.21 bits per heavy atom. The Bertz CT molecular complexity index is 1140. The minimum atomic E-state index is 0.00591. The maximum atomic E-state index is 6.49. The highest BCUT2D eigenvalue weighted by molar-refractivity contribution is 6.31. The first-order valence-corrected chi connectivity index (χ1v) is 11.2. The van der Waals surface area contributed by atoms with Crippen LogP contribution >= 0.6 is 11.6 Å². The van der Waals surface area contributed by atoms with E-state index in [-0.39, 0.29) is 10.8 Å². The van der Waals surface area contributed by atoms with Crippen LogP contribution in [0.3, 0.4) is 0 Å². The van der Waals surface area contributed by atoms with Gasteiger partial charge in [-0.1, -0.05) is 83.5 Å². The average molecular weight is 401 g/mol. The average Bonchev–Trinajstić information content (AvgIpc) is 3.08. The van der Waals surface area contributed by atoms with Crippen molar-refractivity contribution in [2.45, 2.75) is 52.4 Å². The minimum absolute atomic E-state index is 0.00591. The largest absolute Gasteiger partial charge is 0.0843 e. The molecule has 0 N–H and O–H groups in total. The highest BCUT2D eigenvalue weighted by atomic mass is 35.5. The van der Waals surface area contributed by atoms with Crippen LogP contribution in [-0.2, 0) is 10.8 Å². The number of rotatable bonds is 2. The molecule has 0 fully saturated rings. The van der Waals surface area contributed by atoms with Gasteiger partial charge >= 0.3 is 0 Å². The Labute approximate surface area is 179 Å². The molecule has 0 heterocycles. The summed E-state index contributed by atoms with van der Waals surface area (Å²) in [5.74, 6) is 0.984. The van der Waals surface area contributed by atoms with E-state index in [1.807, 2.05) is 0 Å². The molecule has 148 valence electrons. The normalized spacial score (nSPS) is 17.3. The summed E-state index contributed by atoms with van der Waals surface area (Å²) >= 11 is 6.49. The van der Waals surface area contributed by atoms with Gasteiger partial charge in [0.15, 0.2) is 0 Å².